The van der Waals surface area contributed by atoms with Crippen molar-refractivity contribution >= 4 is 17.3 Å². The van der Waals surface area contributed by atoms with Crippen LogP contribution in [-0.4, -0.2) is 20.1 Å². The van der Waals surface area contributed by atoms with Gasteiger partial charge in [0.2, 0.25) is 0 Å². The van der Waals surface area contributed by atoms with Crippen LogP contribution >= 0.6 is 11.6 Å². The van der Waals surface area contributed by atoms with E-state index in [4.69, 9.17) is 11.6 Å². The molecule has 0 fully saturated rings. The minimum Gasteiger partial charge on any atom is -0.265 e. The summed E-state index contributed by atoms with van der Waals surface area (Å²) in [7, 11) is 1.75. The van der Waals surface area contributed by atoms with E-state index < -0.39 is 0 Å². The minimum absolute atomic E-state index is 0.0832. The van der Waals surface area contributed by atoms with Crippen LogP contribution in [0.3, 0.4) is 0 Å². The molecule has 0 saturated heterocycles. The van der Waals surface area contributed by atoms with E-state index in [1.54, 1.807) is 11.7 Å². The SMILES string of the molecule is CCCc1nn(C)c(C(C)C(Cl)CC)c1[N+](=O)[O-]. The second-order valence-electron chi connectivity index (χ2n) is 4.52. The van der Waals surface area contributed by atoms with Crippen molar-refractivity contribution in [1.29, 1.82) is 0 Å². The highest BCUT2D eigenvalue weighted by Crippen LogP contribution is 2.34. The van der Waals surface area contributed by atoms with Crippen LogP contribution in [0.25, 0.3) is 0 Å². The molecule has 0 aliphatic carbocycles. The fourth-order valence-electron chi connectivity index (χ4n) is 2.22. The molecule has 5 nitrogen and oxygen atoms in total. The van der Waals surface area contributed by atoms with Crippen LogP contribution in [0.15, 0.2) is 0 Å². The summed E-state index contributed by atoms with van der Waals surface area (Å²) in [5.41, 5.74) is 1.34. The molecule has 0 aromatic carbocycles. The zero-order chi connectivity index (χ0) is 13.9. The fourth-order valence-corrected chi connectivity index (χ4v) is 2.34. The second-order valence-corrected chi connectivity index (χ2v) is 5.08. The number of aryl methyl sites for hydroxylation is 2. The lowest BCUT2D eigenvalue weighted by atomic mass is 9.99. The third-order valence-electron chi connectivity index (χ3n) is 3.17. The van der Waals surface area contributed by atoms with Crippen molar-refractivity contribution in [3.8, 4) is 0 Å². The Hall–Kier alpha value is -1.10. The Balaban J connectivity index is 3.29. The van der Waals surface area contributed by atoms with Gasteiger partial charge in [-0.25, -0.2) is 0 Å². The zero-order valence-corrected chi connectivity index (χ0v) is 12.1. The van der Waals surface area contributed by atoms with Gasteiger partial charge in [-0.2, -0.15) is 5.10 Å². The summed E-state index contributed by atoms with van der Waals surface area (Å²) in [6.45, 7) is 5.88. The Morgan fingerprint density at radius 2 is 2.11 bits per heavy atom. The summed E-state index contributed by atoms with van der Waals surface area (Å²) in [6, 6.07) is 0. The molecule has 18 heavy (non-hydrogen) atoms. The van der Waals surface area contributed by atoms with Crippen LogP contribution in [0, 0.1) is 10.1 Å². The normalized spacial score (nSPS) is 14.5. The van der Waals surface area contributed by atoms with E-state index in [1.165, 1.54) is 0 Å². The molecule has 2 unspecified atom stereocenters. The van der Waals surface area contributed by atoms with E-state index in [9.17, 15) is 10.1 Å². The molecular formula is C12H20ClN3O2. The monoisotopic (exact) mass is 273 g/mol. The van der Waals surface area contributed by atoms with E-state index in [1.807, 2.05) is 20.8 Å². The first kappa shape index (κ1) is 15.0. The maximum atomic E-state index is 11.3. The molecule has 0 N–H and O–H groups in total. The highest BCUT2D eigenvalue weighted by atomic mass is 35.5. The predicted molar refractivity (Wildman–Crippen MR) is 72.2 cm³/mol. The molecule has 0 saturated carbocycles. The van der Waals surface area contributed by atoms with Crippen molar-refractivity contribution in [1.82, 2.24) is 9.78 Å². The Morgan fingerprint density at radius 3 is 2.56 bits per heavy atom. The molecule has 0 radical (unpaired) electrons. The van der Waals surface area contributed by atoms with Gasteiger partial charge in [-0.15, -0.1) is 11.6 Å². The lowest BCUT2D eigenvalue weighted by molar-refractivity contribution is -0.386. The van der Waals surface area contributed by atoms with E-state index in [2.05, 4.69) is 5.10 Å². The van der Waals surface area contributed by atoms with Crippen molar-refractivity contribution in [2.45, 2.75) is 51.3 Å². The lowest BCUT2D eigenvalue weighted by Gasteiger charge is -2.15. The van der Waals surface area contributed by atoms with Crippen molar-refractivity contribution < 1.29 is 4.92 Å². The predicted octanol–water partition coefficient (Wildman–Crippen LogP) is 3.40. The molecule has 102 valence electrons. The maximum Gasteiger partial charge on any atom is 0.313 e. The van der Waals surface area contributed by atoms with Gasteiger partial charge in [0.25, 0.3) is 0 Å². The number of hydrogen-bond donors (Lipinski definition) is 0. The second kappa shape index (κ2) is 6.18. The quantitative estimate of drug-likeness (QED) is 0.453. The van der Waals surface area contributed by atoms with Crippen LogP contribution in [-0.2, 0) is 13.5 Å². The van der Waals surface area contributed by atoms with Crippen LogP contribution in [0.2, 0.25) is 0 Å². The van der Waals surface area contributed by atoms with Gasteiger partial charge in [-0.1, -0.05) is 27.2 Å². The van der Waals surface area contributed by atoms with Crippen molar-refractivity contribution in [3.05, 3.63) is 21.5 Å². The van der Waals surface area contributed by atoms with Gasteiger partial charge in [0, 0.05) is 18.3 Å². The number of alkyl halides is 1. The molecule has 0 aliphatic rings. The third-order valence-corrected chi connectivity index (χ3v) is 3.86. The summed E-state index contributed by atoms with van der Waals surface area (Å²) >= 11 is 6.22. The largest absolute Gasteiger partial charge is 0.313 e. The zero-order valence-electron chi connectivity index (χ0n) is 11.3. The van der Waals surface area contributed by atoms with Gasteiger partial charge in [0.05, 0.1) is 4.92 Å². The summed E-state index contributed by atoms with van der Waals surface area (Å²) in [5.74, 6) is -0.0832. The number of nitro groups is 1. The van der Waals surface area contributed by atoms with Gasteiger partial charge in [0.1, 0.15) is 11.4 Å². The molecule has 6 heteroatoms. The first-order valence-corrected chi connectivity index (χ1v) is 6.71. The molecule has 1 rings (SSSR count). The number of rotatable bonds is 6. The van der Waals surface area contributed by atoms with E-state index >= 15 is 0 Å². The summed E-state index contributed by atoms with van der Waals surface area (Å²) < 4.78 is 1.61. The van der Waals surface area contributed by atoms with Crippen LogP contribution in [0.4, 0.5) is 5.69 Å². The van der Waals surface area contributed by atoms with Gasteiger partial charge in [0.15, 0.2) is 0 Å². The smallest absolute Gasteiger partial charge is 0.265 e. The van der Waals surface area contributed by atoms with Gasteiger partial charge in [-0.05, 0) is 12.8 Å². The Kier molecular flexibility index (Phi) is 5.14. The number of hydrogen-bond acceptors (Lipinski definition) is 3. The number of nitrogens with zero attached hydrogens (tertiary/aromatic N) is 3. The van der Waals surface area contributed by atoms with Crippen LogP contribution in [0.1, 0.15) is 50.9 Å². The third kappa shape index (κ3) is 2.83. The van der Waals surface area contributed by atoms with Crippen LogP contribution < -0.4 is 0 Å². The standard InChI is InChI=1S/C12H20ClN3O2/c1-5-7-10-12(16(17)18)11(15(4)14-10)8(3)9(13)6-2/h8-9H,5-7H2,1-4H3. The Morgan fingerprint density at radius 1 is 1.50 bits per heavy atom. The molecule has 1 heterocycles. The maximum absolute atomic E-state index is 11.3. The first-order chi connectivity index (χ1) is 8.43. The number of aromatic nitrogens is 2. The molecule has 0 aliphatic heterocycles. The molecule has 1 aromatic heterocycles. The van der Waals surface area contributed by atoms with Crippen molar-refractivity contribution in [2.24, 2.45) is 7.05 Å². The summed E-state index contributed by atoms with van der Waals surface area (Å²) in [6.07, 6.45) is 2.23. The number of halogens is 1. The topological polar surface area (TPSA) is 61.0 Å². The average molecular weight is 274 g/mol. The van der Waals surface area contributed by atoms with Crippen molar-refractivity contribution in [2.75, 3.05) is 0 Å². The van der Waals surface area contributed by atoms with Gasteiger partial charge >= 0.3 is 5.69 Å². The van der Waals surface area contributed by atoms with E-state index in [0.717, 1.165) is 12.8 Å². The molecule has 0 bridgehead atoms. The first-order valence-electron chi connectivity index (χ1n) is 6.28. The van der Waals surface area contributed by atoms with Gasteiger partial charge in [-0.3, -0.25) is 14.8 Å². The van der Waals surface area contributed by atoms with E-state index in [0.29, 0.717) is 17.8 Å². The van der Waals surface area contributed by atoms with Gasteiger partial charge < -0.3 is 0 Å². The Labute approximate surface area is 112 Å². The molecule has 2 atom stereocenters. The fraction of sp³-hybridized carbons (Fsp3) is 0.750. The summed E-state index contributed by atoms with van der Waals surface area (Å²) in [4.78, 5) is 10.9. The summed E-state index contributed by atoms with van der Waals surface area (Å²) in [5, 5.41) is 15.4. The van der Waals surface area contributed by atoms with E-state index in [-0.39, 0.29) is 21.9 Å². The average Bonchev–Trinajstić information content (AvgIpc) is 2.64. The van der Waals surface area contributed by atoms with Crippen molar-refractivity contribution in [3.63, 3.8) is 0 Å². The minimum atomic E-state index is -0.330. The molecule has 0 spiro atoms. The molecule has 1 aromatic rings. The highest BCUT2D eigenvalue weighted by Gasteiger charge is 2.31. The molecule has 0 amide bonds. The molecular weight excluding hydrogens is 254 g/mol. The Bertz CT molecular complexity index is 431. The highest BCUT2D eigenvalue weighted by molar-refractivity contribution is 6.21. The van der Waals surface area contributed by atoms with Crippen LogP contribution in [0.5, 0.6) is 0 Å². The lowest BCUT2D eigenvalue weighted by Crippen LogP contribution is -2.14.